The largest absolute Gasteiger partial charge is 0.341 e. The number of anilines is 1. The number of halogens is 1. The smallest absolute Gasteiger partial charge is 0.255 e. The fourth-order valence-electron chi connectivity index (χ4n) is 3.43. The summed E-state index contributed by atoms with van der Waals surface area (Å²) < 4.78 is 0. The minimum absolute atomic E-state index is 0.233. The highest BCUT2D eigenvalue weighted by Gasteiger charge is 2.41. The molecular formula is C23H18ClN5O2. The van der Waals surface area contributed by atoms with Crippen LogP contribution < -0.4 is 10.6 Å². The third-order valence-electron chi connectivity index (χ3n) is 5.34. The lowest BCUT2D eigenvalue weighted by Gasteiger charge is -2.42. The van der Waals surface area contributed by atoms with Crippen LogP contribution in [0.2, 0.25) is 5.15 Å². The number of hydrogen-bond donors (Lipinski definition) is 2. The Morgan fingerprint density at radius 2 is 1.68 bits per heavy atom. The monoisotopic (exact) mass is 431 g/mol. The molecule has 0 radical (unpaired) electrons. The van der Waals surface area contributed by atoms with Crippen LogP contribution in [-0.4, -0.2) is 21.8 Å². The van der Waals surface area contributed by atoms with Gasteiger partial charge in [-0.2, -0.15) is 5.26 Å². The quantitative estimate of drug-likeness (QED) is 0.592. The van der Waals surface area contributed by atoms with Gasteiger partial charge in [0.05, 0.1) is 40.3 Å². The van der Waals surface area contributed by atoms with Crippen LogP contribution in [0.15, 0.2) is 60.9 Å². The maximum atomic E-state index is 12.7. The summed E-state index contributed by atoms with van der Waals surface area (Å²) >= 11 is 5.79. The molecule has 4 rings (SSSR count). The second kappa shape index (κ2) is 8.54. The Hall–Kier alpha value is -3.76. The zero-order chi connectivity index (χ0) is 21.8. The summed E-state index contributed by atoms with van der Waals surface area (Å²) in [5, 5.41) is 15.1. The number of nitrogens with zero attached hydrogens (tertiary/aromatic N) is 3. The van der Waals surface area contributed by atoms with Gasteiger partial charge in [0.2, 0.25) is 0 Å². The molecule has 0 atom stereocenters. The second-order valence-electron chi connectivity index (χ2n) is 7.33. The van der Waals surface area contributed by atoms with Crippen LogP contribution in [0, 0.1) is 11.3 Å². The van der Waals surface area contributed by atoms with Gasteiger partial charge in [0, 0.05) is 11.8 Å². The molecule has 31 heavy (non-hydrogen) atoms. The summed E-state index contributed by atoms with van der Waals surface area (Å²) in [6.45, 7) is 0. The van der Waals surface area contributed by atoms with Gasteiger partial charge < -0.3 is 10.6 Å². The van der Waals surface area contributed by atoms with E-state index >= 15 is 0 Å². The van der Waals surface area contributed by atoms with Crippen LogP contribution in [0.1, 0.15) is 51.2 Å². The molecule has 0 bridgehead atoms. The summed E-state index contributed by atoms with van der Waals surface area (Å²) in [6, 6.07) is 15.2. The van der Waals surface area contributed by atoms with Crippen molar-refractivity contribution in [3.8, 4) is 6.07 Å². The Bertz CT molecular complexity index is 1150. The zero-order valence-corrected chi connectivity index (χ0v) is 17.2. The molecule has 2 aromatic heterocycles. The maximum absolute atomic E-state index is 12.7. The van der Waals surface area contributed by atoms with Crippen LogP contribution in [0.5, 0.6) is 0 Å². The van der Waals surface area contributed by atoms with Crippen LogP contribution in [-0.2, 0) is 5.54 Å². The molecule has 1 aliphatic carbocycles. The number of nitrogens with one attached hydrogen (secondary N) is 2. The number of aromatic nitrogens is 2. The van der Waals surface area contributed by atoms with E-state index in [0.717, 1.165) is 25.0 Å². The lowest BCUT2D eigenvalue weighted by Crippen LogP contribution is -2.51. The fraction of sp³-hybridized carbons (Fsp3) is 0.174. The van der Waals surface area contributed by atoms with Gasteiger partial charge in [-0.05, 0) is 67.8 Å². The molecule has 1 saturated carbocycles. The summed E-state index contributed by atoms with van der Waals surface area (Å²) in [7, 11) is 0. The normalized spacial score (nSPS) is 14.1. The lowest BCUT2D eigenvalue weighted by atomic mass is 9.74. The van der Waals surface area contributed by atoms with E-state index in [1.807, 2.05) is 12.1 Å². The number of nitriles is 1. The van der Waals surface area contributed by atoms with Crippen LogP contribution in [0.4, 0.5) is 5.69 Å². The van der Waals surface area contributed by atoms with E-state index in [-0.39, 0.29) is 11.8 Å². The number of rotatable bonds is 5. The highest BCUT2D eigenvalue weighted by molar-refractivity contribution is 6.29. The molecule has 1 aromatic carbocycles. The molecule has 3 aromatic rings. The van der Waals surface area contributed by atoms with Crippen molar-refractivity contribution in [2.75, 3.05) is 5.32 Å². The van der Waals surface area contributed by atoms with Crippen molar-refractivity contribution in [1.29, 1.82) is 5.26 Å². The van der Waals surface area contributed by atoms with Crippen LogP contribution >= 0.6 is 11.6 Å². The van der Waals surface area contributed by atoms with E-state index in [0.29, 0.717) is 27.5 Å². The Labute approximate surface area is 184 Å². The number of benzene rings is 1. The minimum atomic E-state index is -0.535. The van der Waals surface area contributed by atoms with Gasteiger partial charge in [0.25, 0.3) is 11.8 Å². The molecule has 7 nitrogen and oxygen atoms in total. The van der Waals surface area contributed by atoms with Crippen molar-refractivity contribution in [3.05, 3.63) is 88.5 Å². The summed E-state index contributed by atoms with van der Waals surface area (Å²) in [5.74, 6) is -0.523. The molecule has 0 unspecified atom stereocenters. The minimum Gasteiger partial charge on any atom is -0.341 e. The molecule has 154 valence electrons. The predicted octanol–water partition coefficient (Wildman–Crippen LogP) is 4.06. The molecule has 0 spiro atoms. The number of amides is 2. The topological polar surface area (TPSA) is 108 Å². The summed E-state index contributed by atoms with van der Waals surface area (Å²) in [5.41, 5.74) is 2.12. The van der Waals surface area contributed by atoms with Gasteiger partial charge in [0.15, 0.2) is 0 Å². The van der Waals surface area contributed by atoms with Gasteiger partial charge in [-0.15, -0.1) is 0 Å². The second-order valence-corrected chi connectivity index (χ2v) is 7.72. The molecule has 8 heteroatoms. The molecule has 2 N–H and O–H groups in total. The van der Waals surface area contributed by atoms with Gasteiger partial charge in [0.1, 0.15) is 5.15 Å². The number of pyridine rings is 2. The molecular weight excluding hydrogens is 414 g/mol. The third kappa shape index (κ3) is 4.39. The highest BCUT2D eigenvalue weighted by atomic mass is 35.5. The van der Waals surface area contributed by atoms with Crippen LogP contribution in [0.3, 0.4) is 0 Å². The SMILES string of the molecule is N#Cc1ccc(C(=O)Nc2ccc(C3(NC(=O)c4ccc(Cl)nc4)CCC3)nc2)cc1. The molecule has 2 heterocycles. The standard InChI is InChI=1S/C23H18ClN5O2/c24-20-9-6-17(13-27-20)22(31)29-23(10-1-11-23)19-8-7-18(14-26-19)28-21(30)16-4-2-15(12-25)3-5-16/h2-9,13-14H,1,10-11H2,(H,28,30)(H,29,31). The molecule has 0 saturated heterocycles. The van der Waals surface area contributed by atoms with Crippen LogP contribution in [0.25, 0.3) is 0 Å². The summed E-state index contributed by atoms with van der Waals surface area (Å²) in [6.07, 6.45) is 5.57. The zero-order valence-electron chi connectivity index (χ0n) is 16.4. The van der Waals surface area contributed by atoms with E-state index in [2.05, 4.69) is 20.6 Å². The van der Waals surface area contributed by atoms with Crippen molar-refractivity contribution in [3.63, 3.8) is 0 Å². The number of hydrogen-bond acceptors (Lipinski definition) is 5. The highest BCUT2D eigenvalue weighted by Crippen LogP contribution is 2.40. The molecule has 0 aliphatic heterocycles. The van der Waals surface area contributed by atoms with Gasteiger partial charge in [-0.3, -0.25) is 14.6 Å². The van der Waals surface area contributed by atoms with E-state index in [1.165, 1.54) is 6.20 Å². The van der Waals surface area contributed by atoms with Crippen molar-refractivity contribution in [1.82, 2.24) is 15.3 Å². The average molecular weight is 432 g/mol. The molecule has 1 fully saturated rings. The van der Waals surface area contributed by atoms with Crippen molar-refractivity contribution >= 4 is 29.1 Å². The lowest BCUT2D eigenvalue weighted by molar-refractivity contribution is 0.0816. The predicted molar refractivity (Wildman–Crippen MR) is 116 cm³/mol. The van der Waals surface area contributed by atoms with E-state index in [9.17, 15) is 9.59 Å². The van der Waals surface area contributed by atoms with E-state index in [1.54, 1.807) is 48.7 Å². The number of carbonyl (C=O) groups excluding carboxylic acids is 2. The Morgan fingerprint density at radius 3 is 2.23 bits per heavy atom. The maximum Gasteiger partial charge on any atom is 0.255 e. The van der Waals surface area contributed by atoms with Crippen molar-refractivity contribution in [2.24, 2.45) is 0 Å². The van der Waals surface area contributed by atoms with E-state index in [4.69, 9.17) is 16.9 Å². The Morgan fingerprint density at radius 1 is 0.935 bits per heavy atom. The summed E-state index contributed by atoms with van der Waals surface area (Å²) in [4.78, 5) is 33.5. The first-order chi connectivity index (χ1) is 15.0. The average Bonchev–Trinajstić information content (AvgIpc) is 2.77. The number of carbonyl (C=O) groups is 2. The third-order valence-corrected chi connectivity index (χ3v) is 5.56. The first kappa shape index (κ1) is 20.5. The first-order valence-electron chi connectivity index (χ1n) is 9.71. The van der Waals surface area contributed by atoms with Crippen molar-refractivity contribution in [2.45, 2.75) is 24.8 Å². The Kier molecular flexibility index (Phi) is 5.65. The van der Waals surface area contributed by atoms with E-state index < -0.39 is 5.54 Å². The molecule has 1 aliphatic rings. The Balaban J connectivity index is 1.45. The van der Waals surface area contributed by atoms with Gasteiger partial charge in [-0.1, -0.05) is 11.6 Å². The van der Waals surface area contributed by atoms with Crippen molar-refractivity contribution < 1.29 is 9.59 Å². The first-order valence-corrected chi connectivity index (χ1v) is 10.1. The fourth-order valence-corrected chi connectivity index (χ4v) is 3.54. The van der Waals surface area contributed by atoms with Gasteiger partial charge in [-0.25, -0.2) is 4.98 Å². The van der Waals surface area contributed by atoms with Gasteiger partial charge >= 0.3 is 0 Å². The molecule has 2 amide bonds.